The minimum Gasteiger partial charge on any atom is -0.321 e. The summed E-state index contributed by atoms with van der Waals surface area (Å²) in [4.78, 5) is 0. The van der Waals surface area contributed by atoms with Gasteiger partial charge in [0.25, 0.3) is 0 Å². The van der Waals surface area contributed by atoms with Crippen LogP contribution in [0.3, 0.4) is 0 Å². The molecule has 2 heteroatoms. The Morgan fingerprint density at radius 1 is 1.24 bits per heavy atom. The highest BCUT2D eigenvalue weighted by atomic mass is 19.1. The van der Waals surface area contributed by atoms with Crippen LogP contribution in [0.1, 0.15) is 52.0 Å². The van der Waals surface area contributed by atoms with Gasteiger partial charge in [0.05, 0.1) is 0 Å². The summed E-state index contributed by atoms with van der Waals surface area (Å²) >= 11 is 0. The largest absolute Gasteiger partial charge is 0.321 e. The van der Waals surface area contributed by atoms with E-state index in [2.05, 4.69) is 20.8 Å². The molecule has 0 saturated heterocycles. The fourth-order valence-electron chi connectivity index (χ4n) is 2.36. The molecule has 0 bridgehead atoms. The maximum Gasteiger partial charge on any atom is 0.123 e. The minimum absolute atomic E-state index is 0.199. The number of hydrogen-bond donors (Lipinski definition) is 1. The number of halogens is 1. The van der Waals surface area contributed by atoms with E-state index in [-0.39, 0.29) is 5.82 Å². The summed E-state index contributed by atoms with van der Waals surface area (Å²) in [6.45, 7) is 6.46. The van der Waals surface area contributed by atoms with Crippen LogP contribution in [0.25, 0.3) is 0 Å². The second kappa shape index (κ2) is 6.15. The maximum atomic E-state index is 13.3. The van der Waals surface area contributed by atoms with Crippen LogP contribution in [0.15, 0.2) is 24.3 Å². The van der Waals surface area contributed by atoms with Gasteiger partial charge in [-0.3, -0.25) is 0 Å². The lowest BCUT2D eigenvalue weighted by atomic mass is 9.78. The molecule has 0 aliphatic carbocycles. The molecule has 1 atom stereocenters. The van der Waals surface area contributed by atoms with Crippen LogP contribution in [0.2, 0.25) is 0 Å². The molecule has 1 rings (SSSR count). The van der Waals surface area contributed by atoms with Gasteiger partial charge >= 0.3 is 0 Å². The topological polar surface area (TPSA) is 26.0 Å². The second-order valence-electron chi connectivity index (χ2n) is 4.91. The molecule has 1 aromatic rings. The molecule has 0 amide bonds. The standard InChI is InChI=1S/C15H24FN/c1-4-12(5-2)11-15(17,6-3)13-8-7-9-14(16)10-13/h7-10,12H,4-6,11,17H2,1-3H3. The van der Waals surface area contributed by atoms with Gasteiger partial charge in [-0.2, -0.15) is 0 Å². The first-order valence-corrected chi connectivity index (χ1v) is 6.60. The molecular formula is C15H24FN. The lowest BCUT2D eigenvalue weighted by Gasteiger charge is -2.32. The van der Waals surface area contributed by atoms with Gasteiger partial charge < -0.3 is 5.73 Å². The van der Waals surface area contributed by atoms with Crippen molar-refractivity contribution >= 4 is 0 Å². The van der Waals surface area contributed by atoms with Gasteiger partial charge in [0.15, 0.2) is 0 Å². The van der Waals surface area contributed by atoms with Crippen molar-refractivity contribution in [2.24, 2.45) is 11.7 Å². The van der Waals surface area contributed by atoms with Gasteiger partial charge in [0, 0.05) is 5.54 Å². The SMILES string of the molecule is CCC(CC)CC(N)(CC)c1cccc(F)c1. The summed E-state index contributed by atoms with van der Waals surface area (Å²) in [7, 11) is 0. The third kappa shape index (κ3) is 3.53. The van der Waals surface area contributed by atoms with Crippen molar-refractivity contribution < 1.29 is 4.39 Å². The van der Waals surface area contributed by atoms with Crippen LogP contribution < -0.4 is 5.73 Å². The molecule has 0 spiro atoms. The fourth-order valence-corrected chi connectivity index (χ4v) is 2.36. The predicted molar refractivity (Wildman–Crippen MR) is 71.2 cm³/mol. The van der Waals surface area contributed by atoms with Crippen molar-refractivity contribution in [1.82, 2.24) is 0 Å². The van der Waals surface area contributed by atoms with E-state index < -0.39 is 5.54 Å². The summed E-state index contributed by atoms with van der Waals surface area (Å²) < 4.78 is 13.3. The van der Waals surface area contributed by atoms with Gasteiger partial charge in [0.2, 0.25) is 0 Å². The predicted octanol–water partition coefficient (Wildman–Crippen LogP) is 4.22. The average molecular weight is 237 g/mol. The molecule has 1 nitrogen and oxygen atoms in total. The molecular weight excluding hydrogens is 213 g/mol. The highest BCUT2D eigenvalue weighted by Crippen LogP contribution is 2.32. The maximum absolute atomic E-state index is 13.3. The smallest absolute Gasteiger partial charge is 0.123 e. The fraction of sp³-hybridized carbons (Fsp3) is 0.600. The van der Waals surface area contributed by atoms with E-state index in [1.165, 1.54) is 6.07 Å². The zero-order valence-electron chi connectivity index (χ0n) is 11.2. The van der Waals surface area contributed by atoms with E-state index in [9.17, 15) is 4.39 Å². The van der Waals surface area contributed by atoms with Crippen molar-refractivity contribution in [3.63, 3.8) is 0 Å². The molecule has 0 aromatic heterocycles. The molecule has 1 unspecified atom stereocenters. The van der Waals surface area contributed by atoms with Gasteiger partial charge in [-0.1, -0.05) is 45.7 Å². The van der Waals surface area contributed by atoms with Crippen molar-refractivity contribution in [3.8, 4) is 0 Å². The zero-order chi connectivity index (χ0) is 12.9. The quantitative estimate of drug-likeness (QED) is 0.787. The second-order valence-corrected chi connectivity index (χ2v) is 4.91. The molecule has 0 heterocycles. The number of nitrogens with two attached hydrogens (primary N) is 1. The van der Waals surface area contributed by atoms with E-state index in [0.717, 1.165) is 31.2 Å². The van der Waals surface area contributed by atoms with Gasteiger partial charge in [-0.25, -0.2) is 4.39 Å². The van der Waals surface area contributed by atoms with Crippen molar-refractivity contribution in [2.75, 3.05) is 0 Å². The lowest BCUT2D eigenvalue weighted by molar-refractivity contribution is 0.298. The Balaban J connectivity index is 2.94. The first-order chi connectivity index (χ1) is 8.05. The highest BCUT2D eigenvalue weighted by Gasteiger charge is 2.28. The van der Waals surface area contributed by atoms with Crippen LogP contribution in [0.5, 0.6) is 0 Å². The lowest BCUT2D eigenvalue weighted by Crippen LogP contribution is -2.38. The normalized spacial score (nSPS) is 14.9. The number of benzene rings is 1. The number of hydrogen-bond acceptors (Lipinski definition) is 1. The van der Waals surface area contributed by atoms with Crippen LogP contribution >= 0.6 is 0 Å². The van der Waals surface area contributed by atoms with Crippen molar-refractivity contribution in [3.05, 3.63) is 35.6 Å². The monoisotopic (exact) mass is 237 g/mol. The molecule has 96 valence electrons. The molecule has 1 aromatic carbocycles. The summed E-state index contributed by atoms with van der Waals surface area (Å²) in [6.07, 6.45) is 4.03. The Morgan fingerprint density at radius 2 is 1.88 bits per heavy atom. The first-order valence-electron chi connectivity index (χ1n) is 6.60. The zero-order valence-corrected chi connectivity index (χ0v) is 11.2. The molecule has 0 fully saturated rings. The van der Waals surface area contributed by atoms with E-state index in [1.54, 1.807) is 12.1 Å². The van der Waals surface area contributed by atoms with Gasteiger partial charge in [-0.15, -0.1) is 0 Å². The Labute approximate surface area is 104 Å². The first kappa shape index (κ1) is 14.2. The van der Waals surface area contributed by atoms with Crippen LogP contribution in [-0.2, 0) is 5.54 Å². The van der Waals surface area contributed by atoms with Crippen LogP contribution in [0.4, 0.5) is 4.39 Å². The van der Waals surface area contributed by atoms with Gasteiger partial charge in [-0.05, 0) is 36.5 Å². The third-order valence-corrected chi connectivity index (χ3v) is 3.84. The molecule has 0 aliphatic rings. The minimum atomic E-state index is -0.390. The Morgan fingerprint density at radius 3 is 2.35 bits per heavy atom. The molecule has 17 heavy (non-hydrogen) atoms. The van der Waals surface area contributed by atoms with E-state index in [4.69, 9.17) is 5.73 Å². The molecule has 0 saturated carbocycles. The van der Waals surface area contributed by atoms with Crippen molar-refractivity contribution in [1.29, 1.82) is 0 Å². The highest BCUT2D eigenvalue weighted by molar-refractivity contribution is 5.24. The van der Waals surface area contributed by atoms with Gasteiger partial charge in [0.1, 0.15) is 5.82 Å². The molecule has 2 N–H and O–H groups in total. The Bertz CT molecular complexity index is 347. The average Bonchev–Trinajstić information content (AvgIpc) is 2.35. The van der Waals surface area contributed by atoms with E-state index >= 15 is 0 Å². The number of rotatable bonds is 6. The van der Waals surface area contributed by atoms with Crippen LogP contribution in [0, 0.1) is 11.7 Å². The Hall–Kier alpha value is -0.890. The Kier molecular flexibility index (Phi) is 5.13. The molecule has 0 radical (unpaired) electrons. The van der Waals surface area contributed by atoms with Crippen molar-refractivity contribution in [2.45, 2.75) is 52.0 Å². The van der Waals surface area contributed by atoms with E-state index in [0.29, 0.717) is 5.92 Å². The van der Waals surface area contributed by atoms with Crippen LogP contribution in [-0.4, -0.2) is 0 Å². The summed E-state index contributed by atoms with van der Waals surface area (Å²) in [5.41, 5.74) is 7.01. The third-order valence-electron chi connectivity index (χ3n) is 3.84. The van der Waals surface area contributed by atoms with E-state index in [1.807, 2.05) is 6.07 Å². The summed E-state index contributed by atoms with van der Waals surface area (Å²) in [5, 5.41) is 0. The summed E-state index contributed by atoms with van der Waals surface area (Å²) in [6, 6.07) is 6.73. The molecule has 0 aliphatic heterocycles. The summed E-state index contributed by atoms with van der Waals surface area (Å²) in [5.74, 6) is 0.415.